The number of carbonyl (C=O) groups is 1. The average molecular weight is 244 g/mol. The zero-order valence-corrected chi connectivity index (χ0v) is 10.2. The molecule has 94 valence electrons. The van der Waals surface area contributed by atoms with Crippen molar-refractivity contribution in [1.82, 2.24) is 15.5 Å². The van der Waals surface area contributed by atoms with Gasteiger partial charge in [0.2, 0.25) is 5.91 Å². The number of rotatable bonds is 4. The van der Waals surface area contributed by atoms with Crippen LogP contribution in [-0.4, -0.2) is 22.1 Å². The fourth-order valence-corrected chi connectivity index (χ4v) is 1.57. The van der Waals surface area contributed by atoms with E-state index in [1.807, 2.05) is 30.3 Å². The Morgan fingerprint density at radius 1 is 1.39 bits per heavy atom. The highest BCUT2D eigenvalue weighted by Crippen LogP contribution is 2.16. The Kier molecular flexibility index (Phi) is 3.74. The molecule has 2 rings (SSSR count). The molecule has 0 saturated carbocycles. The van der Waals surface area contributed by atoms with E-state index in [0.717, 1.165) is 16.8 Å². The summed E-state index contributed by atoms with van der Waals surface area (Å²) in [6.07, 6.45) is 1.71. The van der Waals surface area contributed by atoms with Gasteiger partial charge in [0.25, 0.3) is 0 Å². The Hall–Kier alpha value is -2.14. The molecule has 1 amide bonds. The molecule has 1 atom stereocenters. The number of aromatic amines is 1. The van der Waals surface area contributed by atoms with Gasteiger partial charge in [0.1, 0.15) is 0 Å². The first-order valence-electron chi connectivity index (χ1n) is 5.79. The molecule has 0 radical (unpaired) electrons. The third-order valence-corrected chi connectivity index (χ3v) is 2.65. The molecule has 1 aromatic heterocycles. The summed E-state index contributed by atoms with van der Waals surface area (Å²) in [6, 6.07) is 9.35. The largest absolute Gasteiger partial charge is 0.351 e. The van der Waals surface area contributed by atoms with Crippen LogP contribution in [0.4, 0.5) is 0 Å². The average Bonchev–Trinajstić information content (AvgIpc) is 2.90. The first kappa shape index (κ1) is 12.3. The standard InChI is InChI=1S/C13H16N4O/c1-9(14)13(18)15-8-10-2-4-11(5-3-10)12-6-7-16-17-12/h2-7,9H,8,14H2,1H3,(H,15,18)(H,16,17)/t9-/m1/s1. The van der Waals surface area contributed by atoms with Crippen molar-refractivity contribution >= 4 is 5.91 Å². The summed E-state index contributed by atoms with van der Waals surface area (Å²) in [5.41, 5.74) is 8.54. The zero-order chi connectivity index (χ0) is 13.0. The molecule has 0 spiro atoms. The van der Waals surface area contributed by atoms with E-state index in [4.69, 9.17) is 5.73 Å². The van der Waals surface area contributed by atoms with Crippen molar-refractivity contribution in [3.8, 4) is 11.3 Å². The Bertz CT molecular complexity index is 502. The van der Waals surface area contributed by atoms with Crippen LogP contribution in [0.1, 0.15) is 12.5 Å². The number of hydrogen-bond donors (Lipinski definition) is 3. The van der Waals surface area contributed by atoms with Crippen molar-refractivity contribution in [1.29, 1.82) is 0 Å². The molecule has 5 nitrogen and oxygen atoms in total. The van der Waals surface area contributed by atoms with Gasteiger partial charge in [-0.1, -0.05) is 24.3 Å². The fraction of sp³-hybridized carbons (Fsp3) is 0.231. The zero-order valence-electron chi connectivity index (χ0n) is 10.2. The van der Waals surface area contributed by atoms with Crippen molar-refractivity contribution < 1.29 is 4.79 Å². The number of nitrogens with two attached hydrogens (primary N) is 1. The van der Waals surface area contributed by atoms with Crippen LogP contribution < -0.4 is 11.1 Å². The van der Waals surface area contributed by atoms with Gasteiger partial charge in [-0.3, -0.25) is 9.89 Å². The molecule has 0 aliphatic carbocycles. The van der Waals surface area contributed by atoms with Crippen LogP contribution in [-0.2, 0) is 11.3 Å². The molecule has 18 heavy (non-hydrogen) atoms. The van der Waals surface area contributed by atoms with Gasteiger partial charge in [-0.2, -0.15) is 5.10 Å². The van der Waals surface area contributed by atoms with Crippen molar-refractivity contribution in [3.63, 3.8) is 0 Å². The van der Waals surface area contributed by atoms with E-state index in [9.17, 15) is 4.79 Å². The molecule has 1 heterocycles. The monoisotopic (exact) mass is 244 g/mol. The minimum Gasteiger partial charge on any atom is -0.351 e. The van der Waals surface area contributed by atoms with Crippen LogP contribution in [0.5, 0.6) is 0 Å². The Morgan fingerprint density at radius 3 is 2.67 bits per heavy atom. The van der Waals surface area contributed by atoms with Gasteiger partial charge in [0.05, 0.1) is 11.7 Å². The minimum atomic E-state index is -0.478. The predicted octanol–water partition coefficient (Wildman–Crippen LogP) is 1.04. The van der Waals surface area contributed by atoms with Crippen LogP contribution in [0.2, 0.25) is 0 Å². The molecule has 1 aromatic carbocycles. The number of benzene rings is 1. The van der Waals surface area contributed by atoms with E-state index < -0.39 is 6.04 Å². The summed E-state index contributed by atoms with van der Waals surface area (Å²) >= 11 is 0. The number of nitrogens with one attached hydrogen (secondary N) is 2. The van der Waals surface area contributed by atoms with E-state index in [1.54, 1.807) is 13.1 Å². The lowest BCUT2D eigenvalue weighted by Gasteiger charge is -2.08. The third kappa shape index (κ3) is 2.95. The number of aromatic nitrogens is 2. The number of hydrogen-bond acceptors (Lipinski definition) is 3. The smallest absolute Gasteiger partial charge is 0.236 e. The molecule has 0 saturated heterocycles. The Morgan fingerprint density at radius 2 is 2.11 bits per heavy atom. The van der Waals surface area contributed by atoms with Crippen LogP contribution >= 0.6 is 0 Å². The highest BCUT2D eigenvalue weighted by Gasteiger charge is 2.06. The van der Waals surface area contributed by atoms with Crippen LogP contribution in [0.3, 0.4) is 0 Å². The summed E-state index contributed by atoms with van der Waals surface area (Å²) in [7, 11) is 0. The van der Waals surface area contributed by atoms with E-state index in [1.165, 1.54) is 0 Å². The number of nitrogens with zero attached hydrogens (tertiary/aromatic N) is 1. The number of amides is 1. The highest BCUT2D eigenvalue weighted by atomic mass is 16.2. The van der Waals surface area contributed by atoms with E-state index in [2.05, 4.69) is 15.5 Å². The summed E-state index contributed by atoms with van der Waals surface area (Å²) in [6.45, 7) is 2.15. The fourth-order valence-electron chi connectivity index (χ4n) is 1.57. The van der Waals surface area contributed by atoms with Crippen molar-refractivity contribution in [2.75, 3.05) is 0 Å². The number of H-pyrrole nitrogens is 1. The molecule has 4 N–H and O–H groups in total. The molecule has 0 fully saturated rings. The second kappa shape index (κ2) is 5.46. The maximum atomic E-state index is 11.3. The molecular weight excluding hydrogens is 228 g/mol. The lowest BCUT2D eigenvalue weighted by Crippen LogP contribution is -2.37. The highest BCUT2D eigenvalue weighted by molar-refractivity contribution is 5.80. The Balaban J connectivity index is 1.98. The molecule has 0 bridgehead atoms. The van der Waals surface area contributed by atoms with Gasteiger partial charge >= 0.3 is 0 Å². The SMILES string of the molecule is C[C@@H](N)C(=O)NCc1ccc(-c2ccn[nH]2)cc1. The first-order valence-corrected chi connectivity index (χ1v) is 5.79. The van der Waals surface area contributed by atoms with Crippen molar-refractivity contribution in [2.45, 2.75) is 19.5 Å². The molecule has 2 aromatic rings. The van der Waals surface area contributed by atoms with E-state index in [0.29, 0.717) is 6.54 Å². The van der Waals surface area contributed by atoms with E-state index >= 15 is 0 Å². The van der Waals surface area contributed by atoms with Gasteiger partial charge in [0.15, 0.2) is 0 Å². The van der Waals surface area contributed by atoms with Gasteiger partial charge in [-0.25, -0.2) is 0 Å². The number of carbonyl (C=O) groups excluding carboxylic acids is 1. The topological polar surface area (TPSA) is 83.8 Å². The van der Waals surface area contributed by atoms with Crippen molar-refractivity contribution in [3.05, 3.63) is 42.1 Å². The molecular formula is C13H16N4O. The lowest BCUT2D eigenvalue weighted by atomic mass is 10.1. The normalized spacial score (nSPS) is 12.1. The van der Waals surface area contributed by atoms with Crippen molar-refractivity contribution in [2.24, 2.45) is 5.73 Å². The Labute approximate surface area is 105 Å². The molecule has 0 aliphatic heterocycles. The van der Waals surface area contributed by atoms with Crippen LogP contribution in [0, 0.1) is 0 Å². The molecule has 0 aliphatic rings. The summed E-state index contributed by atoms with van der Waals surface area (Å²) in [5, 5.41) is 9.57. The molecule has 0 unspecified atom stereocenters. The minimum absolute atomic E-state index is 0.146. The van der Waals surface area contributed by atoms with Gasteiger partial charge in [0, 0.05) is 12.7 Å². The third-order valence-electron chi connectivity index (χ3n) is 2.65. The lowest BCUT2D eigenvalue weighted by molar-refractivity contribution is -0.122. The first-order chi connectivity index (χ1) is 8.66. The van der Waals surface area contributed by atoms with Gasteiger partial charge in [-0.05, 0) is 24.1 Å². The predicted molar refractivity (Wildman–Crippen MR) is 69.5 cm³/mol. The summed E-state index contributed by atoms with van der Waals surface area (Å²) in [5.74, 6) is -0.146. The second-order valence-corrected chi connectivity index (χ2v) is 4.17. The quantitative estimate of drug-likeness (QED) is 0.751. The summed E-state index contributed by atoms with van der Waals surface area (Å²) < 4.78 is 0. The molecule has 5 heteroatoms. The van der Waals surface area contributed by atoms with Crippen LogP contribution in [0.15, 0.2) is 36.5 Å². The van der Waals surface area contributed by atoms with E-state index in [-0.39, 0.29) is 5.91 Å². The van der Waals surface area contributed by atoms with Gasteiger partial charge < -0.3 is 11.1 Å². The maximum Gasteiger partial charge on any atom is 0.236 e. The maximum absolute atomic E-state index is 11.3. The van der Waals surface area contributed by atoms with Crippen LogP contribution in [0.25, 0.3) is 11.3 Å². The van der Waals surface area contributed by atoms with Gasteiger partial charge in [-0.15, -0.1) is 0 Å². The summed E-state index contributed by atoms with van der Waals surface area (Å²) in [4.78, 5) is 11.3. The second-order valence-electron chi connectivity index (χ2n) is 4.17.